The molecule has 0 bridgehead atoms. The van der Waals surface area contributed by atoms with Gasteiger partial charge in [0.15, 0.2) is 5.11 Å². The van der Waals surface area contributed by atoms with Crippen LogP contribution in [0.1, 0.15) is 18.5 Å². The summed E-state index contributed by atoms with van der Waals surface area (Å²) in [4.78, 5) is 2.35. The van der Waals surface area contributed by atoms with E-state index in [0.29, 0.717) is 10.1 Å². The summed E-state index contributed by atoms with van der Waals surface area (Å²) in [6.07, 6.45) is 0. The van der Waals surface area contributed by atoms with Crippen LogP contribution in [0, 0.1) is 0 Å². The molecular weight excluding hydrogens is 354 g/mol. The van der Waals surface area contributed by atoms with Crippen LogP contribution in [0.2, 0.25) is 5.02 Å². The van der Waals surface area contributed by atoms with Gasteiger partial charge in [-0.3, -0.25) is 0 Å². The van der Waals surface area contributed by atoms with Gasteiger partial charge in [0.05, 0.1) is 19.3 Å². The van der Waals surface area contributed by atoms with Crippen molar-refractivity contribution < 1.29 is 4.74 Å². The maximum atomic E-state index is 5.89. The van der Waals surface area contributed by atoms with Crippen LogP contribution in [-0.2, 0) is 4.74 Å². The van der Waals surface area contributed by atoms with Crippen LogP contribution in [0.4, 0.5) is 11.4 Å². The van der Waals surface area contributed by atoms with E-state index in [9.17, 15) is 0 Å². The lowest BCUT2D eigenvalue weighted by molar-refractivity contribution is 0.122. The zero-order chi connectivity index (χ0) is 17.6. The van der Waals surface area contributed by atoms with Crippen LogP contribution >= 0.6 is 23.8 Å². The van der Waals surface area contributed by atoms with Crippen LogP contribution in [0.25, 0.3) is 0 Å². The zero-order valence-electron chi connectivity index (χ0n) is 14.2. The molecule has 0 amide bonds. The highest BCUT2D eigenvalue weighted by molar-refractivity contribution is 7.80. The molecule has 1 saturated heterocycles. The molecule has 2 N–H and O–H groups in total. The summed E-state index contributed by atoms with van der Waals surface area (Å²) in [5.74, 6) is 0. The highest BCUT2D eigenvalue weighted by Gasteiger charge is 2.12. The largest absolute Gasteiger partial charge is 0.378 e. The molecule has 132 valence electrons. The van der Waals surface area contributed by atoms with Crippen molar-refractivity contribution in [3.05, 3.63) is 59.1 Å². The van der Waals surface area contributed by atoms with E-state index in [2.05, 4.69) is 46.7 Å². The summed E-state index contributed by atoms with van der Waals surface area (Å²) in [7, 11) is 0. The third-order valence-corrected chi connectivity index (χ3v) is 4.69. The summed E-state index contributed by atoms with van der Waals surface area (Å²) in [5, 5.41) is 7.78. The second-order valence-corrected chi connectivity index (χ2v) is 6.86. The predicted octanol–water partition coefficient (Wildman–Crippen LogP) is 4.22. The van der Waals surface area contributed by atoms with Gasteiger partial charge in [0.25, 0.3) is 0 Å². The number of morpholine rings is 1. The van der Waals surface area contributed by atoms with E-state index in [1.165, 1.54) is 11.3 Å². The molecule has 6 heteroatoms. The summed E-state index contributed by atoms with van der Waals surface area (Å²) < 4.78 is 5.40. The number of halogens is 1. The van der Waals surface area contributed by atoms with E-state index in [1.807, 2.05) is 24.3 Å². The number of anilines is 2. The molecule has 4 nitrogen and oxygen atoms in total. The predicted molar refractivity (Wildman–Crippen MR) is 109 cm³/mol. The van der Waals surface area contributed by atoms with E-state index in [-0.39, 0.29) is 6.04 Å². The van der Waals surface area contributed by atoms with Crippen LogP contribution in [0.5, 0.6) is 0 Å². The van der Waals surface area contributed by atoms with Crippen LogP contribution < -0.4 is 15.5 Å². The number of benzene rings is 2. The molecule has 2 aromatic carbocycles. The molecule has 0 spiro atoms. The molecule has 1 aliphatic rings. The van der Waals surface area contributed by atoms with Gasteiger partial charge < -0.3 is 20.3 Å². The first kappa shape index (κ1) is 18.0. The average molecular weight is 376 g/mol. The third-order valence-electron chi connectivity index (χ3n) is 4.22. The van der Waals surface area contributed by atoms with Crippen molar-refractivity contribution >= 4 is 40.3 Å². The summed E-state index contributed by atoms with van der Waals surface area (Å²) >= 11 is 11.3. The minimum atomic E-state index is 0.117. The van der Waals surface area contributed by atoms with Gasteiger partial charge in [-0.05, 0) is 61.1 Å². The maximum absolute atomic E-state index is 5.89. The number of rotatable bonds is 4. The average Bonchev–Trinajstić information content (AvgIpc) is 2.64. The Hall–Kier alpha value is -1.82. The Kier molecular flexibility index (Phi) is 6.13. The Morgan fingerprint density at radius 1 is 1.08 bits per heavy atom. The Morgan fingerprint density at radius 2 is 1.72 bits per heavy atom. The lowest BCUT2D eigenvalue weighted by atomic mass is 10.1. The molecule has 2 aromatic rings. The molecule has 25 heavy (non-hydrogen) atoms. The van der Waals surface area contributed by atoms with Crippen molar-refractivity contribution in [3.8, 4) is 0 Å². The quantitative estimate of drug-likeness (QED) is 0.782. The van der Waals surface area contributed by atoms with Crippen LogP contribution in [-0.4, -0.2) is 31.4 Å². The van der Waals surface area contributed by atoms with E-state index in [1.54, 1.807) is 0 Å². The van der Waals surface area contributed by atoms with Crippen molar-refractivity contribution in [2.75, 3.05) is 36.5 Å². The zero-order valence-corrected chi connectivity index (χ0v) is 15.7. The molecule has 0 radical (unpaired) electrons. The van der Waals surface area contributed by atoms with Gasteiger partial charge in [-0.15, -0.1) is 0 Å². The maximum Gasteiger partial charge on any atom is 0.171 e. The Morgan fingerprint density at radius 3 is 2.36 bits per heavy atom. The molecule has 1 fully saturated rings. The van der Waals surface area contributed by atoms with E-state index in [0.717, 1.165) is 32.0 Å². The van der Waals surface area contributed by atoms with Gasteiger partial charge in [-0.25, -0.2) is 0 Å². The van der Waals surface area contributed by atoms with Crippen molar-refractivity contribution in [1.29, 1.82) is 0 Å². The number of hydrogen-bond donors (Lipinski definition) is 2. The Bertz CT molecular complexity index is 700. The monoisotopic (exact) mass is 375 g/mol. The van der Waals surface area contributed by atoms with E-state index >= 15 is 0 Å². The Labute approximate surface area is 159 Å². The first-order valence-electron chi connectivity index (χ1n) is 8.37. The normalized spacial score (nSPS) is 15.5. The number of nitrogens with one attached hydrogen (secondary N) is 2. The van der Waals surface area contributed by atoms with Crippen molar-refractivity contribution in [2.24, 2.45) is 0 Å². The molecule has 1 heterocycles. The molecule has 1 unspecified atom stereocenters. The fourth-order valence-electron chi connectivity index (χ4n) is 2.78. The first-order chi connectivity index (χ1) is 12.1. The van der Waals surface area contributed by atoms with Gasteiger partial charge >= 0.3 is 0 Å². The van der Waals surface area contributed by atoms with Gasteiger partial charge in [0, 0.05) is 29.5 Å². The first-order valence-corrected chi connectivity index (χ1v) is 9.16. The summed E-state index contributed by atoms with van der Waals surface area (Å²) in [6.45, 7) is 5.58. The second kappa shape index (κ2) is 8.52. The number of thiocarbonyl (C=S) groups is 1. The van der Waals surface area contributed by atoms with Gasteiger partial charge in [-0.2, -0.15) is 0 Å². The highest BCUT2D eigenvalue weighted by atomic mass is 35.5. The SMILES string of the molecule is CC(NC(=S)Nc1ccc(Cl)cc1)c1ccc(N2CCOCC2)cc1. The Balaban J connectivity index is 1.55. The van der Waals surface area contributed by atoms with Crippen molar-refractivity contribution in [3.63, 3.8) is 0 Å². The molecule has 0 aromatic heterocycles. The van der Waals surface area contributed by atoms with Gasteiger partial charge in [0.1, 0.15) is 0 Å². The van der Waals surface area contributed by atoms with Crippen LogP contribution in [0.3, 0.4) is 0 Å². The number of hydrogen-bond acceptors (Lipinski definition) is 3. The van der Waals surface area contributed by atoms with Gasteiger partial charge in [-0.1, -0.05) is 23.7 Å². The number of nitrogens with zero attached hydrogens (tertiary/aromatic N) is 1. The summed E-state index contributed by atoms with van der Waals surface area (Å²) in [6, 6.07) is 16.2. The topological polar surface area (TPSA) is 36.5 Å². The van der Waals surface area contributed by atoms with E-state index in [4.69, 9.17) is 28.6 Å². The summed E-state index contributed by atoms with van der Waals surface area (Å²) in [5.41, 5.74) is 3.34. The molecule has 1 aliphatic heterocycles. The van der Waals surface area contributed by atoms with Gasteiger partial charge in [0.2, 0.25) is 0 Å². The molecule has 0 saturated carbocycles. The minimum absolute atomic E-state index is 0.117. The van der Waals surface area contributed by atoms with Crippen LogP contribution in [0.15, 0.2) is 48.5 Å². The highest BCUT2D eigenvalue weighted by Crippen LogP contribution is 2.20. The smallest absolute Gasteiger partial charge is 0.171 e. The van der Waals surface area contributed by atoms with Crippen molar-refractivity contribution in [1.82, 2.24) is 5.32 Å². The molecular formula is C19H22ClN3OS. The molecule has 3 rings (SSSR count). The molecule has 0 aliphatic carbocycles. The fourth-order valence-corrected chi connectivity index (χ4v) is 3.20. The van der Waals surface area contributed by atoms with Crippen molar-refractivity contribution in [2.45, 2.75) is 13.0 Å². The standard InChI is InChI=1S/C19H22ClN3OS/c1-14(21-19(25)22-17-6-4-16(20)5-7-17)15-2-8-18(9-3-15)23-10-12-24-13-11-23/h2-9,14H,10-13H2,1H3,(H2,21,22,25). The second-order valence-electron chi connectivity index (χ2n) is 6.02. The molecule has 1 atom stereocenters. The lowest BCUT2D eigenvalue weighted by Gasteiger charge is -2.29. The van der Waals surface area contributed by atoms with E-state index < -0.39 is 0 Å². The number of ether oxygens (including phenoxy) is 1. The minimum Gasteiger partial charge on any atom is -0.378 e. The lowest BCUT2D eigenvalue weighted by Crippen LogP contribution is -2.36. The fraction of sp³-hybridized carbons (Fsp3) is 0.316. The third kappa shape index (κ3) is 5.08.